The zero-order valence-electron chi connectivity index (χ0n) is 20.9. The number of rotatable bonds is 5. The van der Waals surface area contributed by atoms with Gasteiger partial charge in [0, 0.05) is 44.0 Å². The third kappa shape index (κ3) is 4.52. The van der Waals surface area contributed by atoms with Crippen molar-refractivity contribution in [1.82, 2.24) is 24.4 Å². The molecule has 6 heteroatoms. The number of aryl methyl sites for hydroxylation is 1. The topological polar surface area (TPSA) is 53.7 Å². The fourth-order valence-corrected chi connectivity index (χ4v) is 5.25. The summed E-state index contributed by atoms with van der Waals surface area (Å²) in [6, 6.07) is 33.4. The number of amides is 1. The van der Waals surface area contributed by atoms with Gasteiger partial charge in [-0.05, 0) is 18.1 Å². The van der Waals surface area contributed by atoms with Crippen molar-refractivity contribution in [1.29, 1.82) is 0 Å². The van der Waals surface area contributed by atoms with Crippen LogP contribution in [0.4, 0.5) is 0 Å². The molecule has 2 aromatic heterocycles. The molecule has 0 radical (unpaired) electrons. The van der Waals surface area contributed by atoms with E-state index >= 15 is 0 Å². The van der Waals surface area contributed by atoms with Gasteiger partial charge in [0.15, 0.2) is 5.65 Å². The summed E-state index contributed by atoms with van der Waals surface area (Å²) in [5, 5.41) is 4.75. The van der Waals surface area contributed by atoms with Crippen molar-refractivity contribution in [3.05, 3.63) is 126 Å². The molecule has 0 N–H and O–H groups in total. The normalized spacial score (nSPS) is 14.4. The molecule has 1 aliphatic heterocycles. The van der Waals surface area contributed by atoms with Crippen LogP contribution in [-0.2, 0) is 0 Å². The van der Waals surface area contributed by atoms with Gasteiger partial charge < -0.3 is 4.90 Å². The first kappa shape index (κ1) is 23.1. The Kier molecular flexibility index (Phi) is 6.25. The van der Waals surface area contributed by atoms with E-state index in [9.17, 15) is 4.79 Å². The number of benzene rings is 3. The Morgan fingerprint density at radius 2 is 1.35 bits per heavy atom. The zero-order chi connectivity index (χ0) is 25.2. The molecular weight excluding hydrogens is 458 g/mol. The summed E-state index contributed by atoms with van der Waals surface area (Å²) < 4.78 is 1.78. The molecule has 0 atom stereocenters. The molecule has 0 unspecified atom stereocenters. The first-order valence-corrected chi connectivity index (χ1v) is 12.7. The highest BCUT2D eigenvalue weighted by molar-refractivity contribution is 5.95. The van der Waals surface area contributed by atoms with Crippen LogP contribution >= 0.6 is 0 Å². The molecule has 3 aromatic carbocycles. The maximum atomic E-state index is 13.6. The van der Waals surface area contributed by atoms with Crippen LogP contribution in [0, 0.1) is 6.92 Å². The third-order valence-corrected chi connectivity index (χ3v) is 7.22. The van der Waals surface area contributed by atoms with Gasteiger partial charge in [0.05, 0.1) is 23.0 Å². The Balaban J connectivity index is 1.22. The Morgan fingerprint density at radius 1 is 0.784 bits per heavy atom. The highest BCUT2D eigenvalue weighted by atomic mass is 16.2. The van der Waals surface area contributed by atoms with Gasteiger partial charge in [-0.15, -0.1) is 0 Å². The number of hydrogen-bond donors (Lipinski definition) is 0. The van der Waals surface area contributed by atoms with Gasteiger partial charge in [0.2, 0.25) is 0 Å². The average molecular weight is 488 g/mol. The molecule has 5 aromatic rings. The van der Waals surface area contributed by atoms with Gasteiger partial charge in [0.1, 0.15) is 0 Å². The fourth-order valence-electron chi connectivity index (χ4n) is 5.25. The average Bonchev–Trinajstić information content (AvgIpc) is 3.41. The number of carbonyl (C=O) groups excluding carboxylic acids is 1. The lowest BCUT2D eigenvalue weighted by Crippen LogP contribution is -2.50. The molecule has 0 saturated carbocycles. The van der Waals surface area contributed by atoms with E-state index in [0.717, 1.165) is 35.7 Å². The van der Waals surface area contributed by atoms with E-state index in [1.165, 1.54) is 11.1 Å². The van der Waals surface area contributed by atoms with Crippen LogP contribution in [0.15, 0.2) is 103 Å². The summed E-state index contributed by atoms with van der Waals surface area (Å²) in [5.74, 6) is 0.0132. The van der Waals surface area contributed by atoms with Gasteiger partial charge in [-0.25, -0.2) is 9.50 Å². The van der Waals surface area contributed by atoms with E-state index in [4.69, 9.17) is 5.10 Å². The van der Waals surface area contributed by atoms with Crippen LogP contribution in [0.2, 0.25) is 0 Å². The van der Waals surface area contributed by atoms with Crippen LogP contribution in [-0.4, -0.2) is 56.5 Å². The van der Waals surface area contributed by atoms with Crippen LogP contribution in [0.3, 0.4) is 0 Å². The molecular formula is C31H29N5O. The summed E-state index contributed by atoms with van der Waals surface area (Å²) in [7, 11) is 0. The molecule has 1 amide bonds. The van der Waals surface area contributed by atoms with Crippen LogP contribution < -0.4 is 0 Å². The summed E-state index contributed by atoms with van der Waals surface area (Å²) in [6.45, 7) is 4.88. The molecule has 6 nitrogen and oxygen atoms in total. The van der Waals surface area contributed by atoms with Gasteiger partial charge in [0.25, 0.3) is 5.91 Å². The summed E-state index contributed by atoms with van der Waals surface area (Å²) in [4.78, 5) is 22.6. The fraction of sp³-hybridized carbons (Fsp3) is 0.194. The summed E-state index contributed by atoms with van der Waals surface area (Å²) >= 11 is 0. The molecule has 1 saturated heterocycles. The predicted octanol–water partition coefficient (Wildman–Crippen LogP) is 5.25. The lowest BCUT2D eigenvalue weighted by Gasteiger charge is -2.40. The van der Waals surface area contributed by atoms with Crippen molar-refractivity contribution in [2.75, 3.05) is 26.2 Å². The lowest BCUT2D eigenvalue weighted by atomic mass is 9.96. The maximum absolute atomic E-state index is 13.6. The first-order chi connectivity index (χ1) is 18.2. The quantitative estimate of drug-likeness (QED) is 0.340. The molecule has 0 spiro atoms. The lowest BCUT2D eigenvalue weighted by molar-refractivity contribution is 0.0595. The van der Waals surface area contributed by atoms with Gasteiger partial charge >= 0.3 is 0 Å². The van der Waals surface area contributed by atoms with E-state index in [0.29, 0.717) is 18.7 Å². The van der Waals surface area contributed by atoms with E-state index in [-0.39, 0.29) is 11.9 Å². The van der Waals surface area contributed by atoms with Crippen LogP contribution in [0.1, 0.15) is 33.2 Å². The van der Waals surface area contributed by atoms with Crippen molar-refractivity contribution in [3.63, 3.8) is 0 Å². The second-order valence-electron chi connectivity index (χ2n) is 9.47. The number of carbonyl (C=O) groups is 1. The zero-order valence-corrected chi connectivity index (χ0v) is 20.9. The van der Waals surface area contributed by atoms with Crippen molar-refractivity contribution in [2.45, 2.75) is 13.0 Å². The molecule has 6 rings (SSSR count). The van der Waals surface area contributed by atoms with Crippen molar-refractivity contribution < 1.29 is 4.79 Å². The van der Waals surface area contributed by atoms with E-state index in [1.807, 2.05) is 48.2 Å². The minimum Gasteiger partial charge on any atom is -0.336 e. The second-order valence-corrected chi connectivity index (χ2v) is 9.47. The van der Waals surface area contributed by atoms with Crippen molar-refractivity contribution in [2.24, 2.45) is 0 Å². The SMILES string of the molecule is Cc1c(C(=O)N2CCN(C(c3ccccc3)c3ccccc3)CC2)cnc2cc(-c3ccccc3)nn12. The number of piperazine rings is 1. The first-order valence-electron chi connectivity index (χ1n) is 12.7. The Hall–Kier alpha value is -4.29. The van der Waals surface area contributed by atoms with Crippen molar-refractivity contribution in [3.8, 4) is 11.3 Å². The molecule has 1 fully saturated rings. The van der Waals surface area contributed by atoms with Gasteiger partial charge in [-0.1, -0.05) is 91.0 Å². The number of fused-ring (bicyclic) bond motifs is 1. The minimum atomic E-state index is 0.0132. The number of hydrogen-bond acceptors (Lipinski definition) is 4. The Morgan fingerprint density at radius 3 is 1.95 bits per heavy atom. The van der Waals surface area contributed by atoms with Crippen molar-refractivity contribution >= 4 is 11.6 Å². The smallest absolute Gasteiger partial charge is 0.257 e. The molecule has 0 aliphatic carbocycles. The molecule has 37 heavy (non-hydrogen) atoms. The third-order valence-electron chi connectivity index (χ3n) is 7.22. The highest BCUT2D eigenvalue weighted by Crippen LogP contribution is 2.30. The largest absolute Gasteiger partial charge is 0.336 e. The Labute approximate surface area is 216 Å². The van der Waals surface area contributed by atoms with E-state index in [2.05, 4.69) is 70.5 Å². The molecule has 1 aliphatic rings. The van der Waals surface area contributed by atoms with E-state index in [1.54, 1.807) is 10.7 Å². The maximum Gasteiger partial charge on any atom is 0.257 e. The number of nitrogens with zero attached hydrogens (tertiary/aromatic N) is 5. The minimum absolute atomic E-state index is 0.0132. The standard InChI is InChI=1S/C31H29N5O/c1-23-27(22-32-29-21-28(33-36(23)29)24-11-5-2-6-12-24)31(37)35-19-17-34(18-20-35)30(25-13-7-3-8-14-25)26-15-9-4-10-16-26/h2-16,21-22,30H,17-20H2,1H3. The molecule has 0 bridgehead atoms. The monoisotopic (exact) mass is 487 g/mol. The molecule has 3 heterocycles. The Bertz CT molecular complexity index is 1470. The van der Waals surface area contributed by atoms with Crippen LogP contribution in [0.25, 0.3) is 16.9 Å². The van der Waals surface area contributed by atoms with Crippen LogP contribution in [0.5, 0.6) is 0 Å². The predicted molar refractivity (Wildman–Crippen MR) is 145 cm³/mol. The van der Waals surface area contributed by atoms with Gasteiger partial charge in [-0.2, -0.15) is 5.10 Å². The molecule has 184 valence electrons. The number of aromatic nitrogens is 3. The summed E-state index contributed by atoms with van der Waals surface area (Å²) in [5.41, 5.74) is 6.58. The van der Waals surface area contributed by atoms with E-state index < -0.39 is 0 Å². The highest BCUT2D eigenvalue weighted by Gasteiger charge is 2.29. The van der Waals surface area contributed by atoms with Gasteiger partial charge in [-0.3, -0.25) is 9.69 Å². The summed E-state index contributed by atoms with van der Waals surface area (Å²) in [6.07, 6.45) is 1.70. The second kappa shape index (κ2) is 9.99.